The summed E-state index contributed by atoms with van der Waals surface area (Å²) < 4.78 is 29.2. The van der Waals surface area contributed by atoms with Crippen LogP contribution in [0.4, 0.5) is 0 Å². The predicted octanol–water partition coefficient (Wildman–Crippen LogP) is 2.06. The molecule has 16 heavy (non-hydrogen) atoms. The average molecular weight is 244 g/mol. The Hall–Kier alpha value is -1.20. The van der Waals surface area contributed by atoms with Crippen molar-refractivity contribution >= 4 is 15.9 Å². The molecule has 0 aromatic heterocycles. The SMILES string of the molecule is CCC(C)=O.O=S(=O)(O)Cc1ccccc1. The summed E-state index contributed by atoms with van der Waals surface area (Å²) in [5.74, 6) is -0.0570. The molecule has 0 bridgehead atoms. The molecular formula is C11H16O4S. The van der Waals surface area contributed by atoms with E-state index in [0.717, 1.165) is 0 Å². The number of hydrogen-bond acceptors (Lipinski definition) is 3. The Morgan fingerprint density at radius 1 is 1.25 bits per heavy atom. The molecule has 0 spiro atoms. The second-order valence-corrected chi connectivity index (χ2v) is 4.72. The highest BCUT2D eigenvalue weighted by molar-refractivity contribution is 7.85. The van der Waals surface area contributed by atoms with Crippen molar-refractivity contribution in [2.75, 3.05) is 0 Å². The maximum absolute atomic E-state index is 10.4. The topological polar surface area (TPSA) is 71.4 Å². The minimum atomic E-state index is -3.88. The maximum Gasteiger partial charge on any atom is 0.269 e. The van der Waals surface area contributed by atoms with Gasteiger partial charge in [0.05, 0.1) is 0 Å². The molecule has 1 rings (SSSR count). The Kier molecular flexibility index (Phi) is 6.60. The smallest absolute Gasteiger partial charge is 0.269 e. The summed E-state index contributed by atoms with van der Waals surface area (Å²) in [6.07, 6.45) is 0.667. The minimum Gasteiger partial charge on any atom is -0.300 e. The Balaban J connectivity index is 0.000000385. The van der Waals surface area contributed by atoms with Crippen LogP contribution < -0.4 is 0 Å². The van der Waals surface area contributed by atoms with E-state index >= 15 is 0 Å². The number of benzene rings is 1. The van der Waals surface area contributed by atoms with Gasteiger partial charge in [0, 0.05) is 6.42 Å². The van der Waals surface area contributed by atoms with E-state index in [2.05, 4.69) is 0 Å². The van der Waals surface area contributed by atoms with Crippen molar-refractivity contribution in [3.8, 4) is 0 Å². The molecule has 0 amide bonds. The molecule has 0 radical (unpaired) electrons. The van der Waals surface area contributed by atoms with Gasteiger partial charge in [-0.1, -0.05) is 37.3 Å². The van der Waals surface area contributed by atoms with E-state index in [1.54, 1.807) is 37.3 Å². The summed E-state index contributed by atoms with van der Waals surface area (Å²) in [7, 11) is -3.88. The summed E-state index contributed by atoms with van der Waals surface area (Å²) in [5, 5.41) is 0. The van der Waals surface area contributed by atoms with Crippen molar-refractivity contribution < 1.29 is 17.8 Å². The van der Waals surface area contributed by atoms with Crippen LogP contribution in [0.15, 0.2) is 30.3 Å². The van der Waals surface area contributed by atoms with Gasteiger partial charge in [-0.15, -0.1) is 0 Å². The molecule has 0 saturated carbocycles. The zero-order valence-electron chi connectivity index (χ0n) is 9.38. The Bertz CT molecular complexity index is 409. The summed E-state index contributed by atoms with van der Waals surface area (Å²) in [4.78, 5) is 9.81. The monoisotopic (exact) mass is 244 g/mol. The Labute approximate surface area is 96.1 Å². The quantitative estimate of drug-likeness (QED) is 0.826. The zero-order chi connectivity index (χ0) is 12.6. The summed E-state index contributed by atoms with van der Waals surface area (Å²) >= 11 is 0. The Morgan fingerprint density at radius 3 is 2.00 bits per heavy atom. The first-order chi connectivity index (χ1) is 7.35. The average Bonchev–Trinajstić information content (AvgIpc) is 2.17. The van der Waals surface area contributed by atoms with Crippen LogP contribution in [0.5, 0.6) is 0 Å². The minimum absolute atomic E-state index is 0.255. The second-order valence-electron chi connectivity index (χ2n) is 3.27. The van der Waals surface area contributed by atoms with Gasteiger partial charge in [0.1, 0.15) is 11.5 Å². The van der Waals surface area contributed by atoms with Gasteiger partial charge in [-0.3, -0.25) is 4.55 Å². The lowest BCUT2D eigenvalue weighted by molar-refractivity contribution is -0.116. The van der Waals surface area contributed by atoms with Gasteiger partial charge in [0.2, 0.25) is 0 Å². The molecule has 0 fully saturated rings. The molecule has 0 aliphatic rings. The van der Waals surface area contributed by atoms with Gasteiger partial charge < -0.3 is 4.79 Å². The van der Waals surface area contributed by atoms with Crippen LogP contribution in [0.1, 0.15) is 25.8 Å². The second kappa shape index (κ2) is 7.14. The first-order valence-corrected chi connectivity index (χ1v) is 6.44. The van der Waals surface area contributed by atoms with Crippen LogP contribution in [0, 0.1) is 0 Å². The third kappa shape index (κ3) is 9.36. The normalized spacial score (nSPS) is 10.2. The van der Waals surface area contributed by atoms with E-state index in [9.17, 15) is 13.2 Å². The molecule has 90 valence electrons. The highest BCUT2D eigenvalue weighted by atomic mass is 32.2. The van der Waals surface area contributed by atoms with Crippen molar-refractivity contribution in [1.29, 1.82) is 0 Å². The first-order valence-electron chi connectivity index (χ1n) is 4.83. The molecule has 0 saturated heterocycles. The van der Waals surface area contributed by atoms with Crippen LogP contribution in [-0.4, -0.2) is 18.8 Å². The van der Waals surface area contributed by atoms with Crippen molar-refractivity contribution in [2.45, 2.75) is 26.0 Å². The highest BCUT2D eigenvalue weighted by Crippen LogP contribution is 2.02. The van der Waals surface area contributed by atoms with Crippen LogP contribution in [0.2, 0.25) is 0 Å². The van der Waals surface area contributed by atoms with Gasteiger partial charge in [-0.2, -0.15) is 8.42 Å². The lowest BCUT2D eigenvalue weighted by Gasteiger charge is -1.95. The fourth-order valence-corrected chi connectivity index (χ4v) is 1.40. The van der Waals surface area contributed by atoms with Gasteiger partial charge in [0.15, 0.2) is 0 Å². The number of ketones is 1. The molecule has 0 unspecified atom stereocenters. The maximum atomic E-state index is 10.4. The molecule has 0 heterocycles. The van der Waals surface area contributed by atoms with E-state index in [4.69, 9.17) is 4.55 Å². The number of Topliss-reactive ketones (excluding diaryl/α,β-unsaturated/α-hetero) is 1. The molecule has 1 aromatic carbocycles. The van der Waals surface area contributed by atoms with Crippen molar-refractivity contribution in [1.82, 2.24) is 0 Å². The van der Waals surface area contributed by atoms with Crippen LogP contribution in [-0.2, 0) is 20.7 Å². The van der Waals surface area contributed by atoms with E-state index in [1.165, 1.54) is 0 Å². The predicted molar refractivity (Wildman–Crippen MR) is 62.7 cm³/mol. The van der Waals surface area contributed by atoms with Crippen LogP contribution >= 0.6 is 0 Å². The molecule has 0 aliphatic carbocycles. The fraction of sp³-hybridized carbons (Fsp3) is 0.364. The number of carbonyl (C=O) groups excluding carboxylic acids is 1. The largest absolute Gasteiger partial charge is 0.300 e. The van der Waals surface area contributed by atoms with Crippen molar-refractivity contribution in [3.63, 3.8) is 0 Å². The van der Waals surface area contributed by atoms with Gasteiger partial charge >= 0.3 is 0 Å². The summed E-state index contributed by atoms with van der Waals surface area (Å²) in [6.45, 7) is 3.43. The number of carbonyl (C=O) groups is 1. The molecule has 0 atom stereocenters. The third-order valence-corrected chi connectivity index (χ3v) is 2.39. The molecule has 4 nitrogen and oxygen atoms in total. The van der Waals surface area contributed by atoms with E-state index < -0.39 is 10.1 Å². The summed E-state index contributed by atoms with van der Waals surface area (Å²) in [5.41, 5.74) is 0.593. The standard InChI is InChI=1S/C7H8O3S.C4H8O/c8-11(9,10)6-7-4-2-1-3-5-7;1-3-4(2)5/h1-5H,6H2,(H,8,9,10);3H2,1-2H3. The third-order valence-electron chi connectivity index (χ3n) is 1.69. The van der Waals surface area contributed by atoms with Crippen molar-refractivity contribution in [2.24, 2.45) is 0 Å². The van der Waals surface area contributed by atoms with Gasteiger partial charge in [-0.25, -0.2) is 0 Å². The lowest BCUT2D eigenvalue weighted by Crippen LogP contribution is -2.00. The lowest BCUT2D eigenvalue weighted by atomic mass is 10.2. The van der Waals surface area contributed by atoms with E-state index in [1.807, 2.05) is 6.92 Å². The first kappa shape index (κ1) is 14.8. The Morgan fingerprint density at radius 2 is 1.69 bits per heavy atom. The van der Waals surface area contributed by atoms with E-state index in [0.29, 0.717) is 12.0 Å². The zero-order valence-corrected chi connectivity index (χ0v) is 10.2. The molecular weight excluding hydrogens is 228 g/mol. The number of hydrogen-bond donors (Lipinski definition) is 1. The highest BCUT2D eigenvalue weighted by Gasteiger charge is 2.04. The molecule has 5 heteroatoms. The molecule has 1 aromatic rings. The van der Waals surface area contributed by atoms with Gasteiger partial charge in [-0.05, 0) is 12.5 Å². The number of rotatable bonds is 3. The van der Waals surface area contributed by atoms with Gasteiger partial charge in [0.25, 0.3) is 10.1 Å². The van der Waals surface area contributed by atoms with E-state index in [-0.39, 0.29) is 11.5 Å². The summed E-state index contributed by atoms with van der Waals surface area (Å²) in [6, 6.07) is 8.52. The fourth-order valence-electron chi connectivity index (χ4n) is 0.785. The molecule has 0 aliphatic heterocycles. The van der Waals surface area contributed by atoms with Crippen molar-refractivity contribution in [3.05, 3.63) is 35.9 Å². The van der Waals surface area contributed by atoms with Crippen LogP contribution in [0.25, 0.3) is 0 Å². The van der Waals surface area contributed by atoms with Crippen LogP contribution in [0.3, 0.4) is 0 Å². The molecule has 1 N–H and O–H groups in total.